The van der Waals surface area contributed by atoms with E-state index in [1.165, 1.54) is 49.7 Å². The zero-order chi connectivity index (χ0) is 24.4. The fraction of sp³-hybridized carbons (Fsp3) is 0.238. The number of sulfonamides is 1. The molecule has 0 unspecified atom stereocenters. The highest BCUT2D eigenvalue weighted by molar-refractivity contribution is 7.92. The molecule has 174 valence electrons. The molecular weight excluding hydrogens is 450 g/mol. The minimum absolute atomic E-state index is 0.0793. The quantitative estimate of drug-likeness (QED) is 0.394. The molecule has 0 aliphatic carbocycles. The lowest BCUT2D eigenvalue weighted by molar-refractivity contribution is -0.384. The van der Waals surface area contributed by atoms with Gasteiger partial charge in [-0.05, 0) is 51.1 Å². The summed E-state index contributed by atoms with van der Waals surface area (Å²) < 4.78 is 34.6. The second-order valence-corrected chi connectivity index (χ2v) is 9.75. The largest absolute Gasteiger partial charge is 0.495 e. The van der Waals surface area contributed by atoms with Crippen LogP contribution in [0.5, 0.6) is 5.75 Å². The van der Waals surface area contributed by atoms with Gasteiger partial charge in [0, 0.05) is 23.9 Å². The Bertz CT molecular complexity index is 1290. The number of methoxy groups -OCH3 is 1. The van der Waals surface area contributed by atoms with Crippen LogP contribution in [0.15, 0.2) is 59.8 Å². The summed E-state index contributed by atoms with van der Waals surface area (Å²) in [5.74, 6) is -0.309. The van der Waals surface area contributed by atoms with Crippen molar-refractivity contribution < 1.29 is 22.9 Å². The average molecular weight is 474 g/mol. The van der Waals surface area contributed by atoms with Crippen LogP contribution in [0.4, 0.5) is 17.1 Å². The lowest BCUT2D eigenvalue weighted by atomic mass is 10.1. The number of hydrogen-bond donors (Lipinski definition) is 2. The summed E-state index contributed by atoms with van der Waals surface area (Å²) in [6.07, 6.45) is 3.23. The normalized spacial score (nSPS) is 11.6. The molecule has 0 spiro atoms. The molecule has 12 heteroatoms. The first-order valence-corrected chi connectivity index (χ1v) is 11.2. The van der Waals surface area contributed by atoms with Gasteiger partial charge in [-0.15, -0.1) is 0 Å². The van der Waals surface area contributed by atoms with Crippen LogP contribution in [0.2, 0.25) is 0 Å². The molecule has 1 amide bonds. The Kier molecular flexibility index (Phi) is 6.40. The van der Waals surface area contributed by atoms with E-state index in [-0.39, 0.29) is 33.1 Å². The number of carbonyl (C=O) groups is 1. The van der Waals surface area contributed by atoms with Crippen molar-refractivity contribution in [3.8, 4) is 5.75 Å². The van der Waals surface area contributed by atoms with E-state index in [1.54, 1.807) is 10.9 Å². The molecular formula is C21H23N5O6S. The number of non-ortho nitro benzene ring substituents is 1. The lowest BCUT2D eigenvalue weighted by Gasteiger charge is -2.18. The monoisotopic (exact) mass is 473 g/mol. The van der Waals surface area contributed by atoms with E-state index in [0.29, 0.717) is 5.69 Å². The number of nitro groups is 1. The lowest BCUT2D eigenvalue weighted by Crippen LogP contribution is -2.22. The van der Waals surface area contributed by atoms with Crippen molar-refractivity contribution in [2.45, 2.75) is 31.2 Å². The van der Waals surface area contributed by atoms with E-state index in [9.17, 15) is 23.3 Å². The number of benzene rings is 2. The number of carbonyl (C=O) groups excluding carboxylic acids is 1. The Morgan fingerprint density at radius 2 is 1.82 bits per heavy atom. The van der Waals surface area contributed by atoms with Gasteiger partial charge in [-0.3, -0.25) is 24.3 Å². The van der Waals surface area contributed by atoms with Gasteiger partial charge < -0.3 is 10.1 Å². The van der Waals surface area contributed by atoms with Crippen molar-refractivity contribution in [1.82, 2.24) is 9.78 Å². The van der Waals surface area contributed by atoms with Crippen LogP contribution in [0, 0.1) is 10.1 Å². The van der Waals surface area contributed by atoms with Crippen LogP contribution in [0.25, 0.3) is 0 Å². The van der Waals surface area contributed by atoms with Gasteiger partial charge in [-0.2, -0.15) is 5.10 Å². The van der Waals surface area contributed by atoms with E-state index in [2.05, 4.69) is 15.1 Å². The number of hydrogen-bond acceptors (Lipinski definition) is 7. The van der Waals surface area contributed by atoms with Crippen molar-refractivity contribution in [2.24, 2.45) is 0 Å². The SMILES string of the molecule is COc1ccc([N+](=O)[O-])cc1NS(=O)(=O)c1ccc(C(=O)Nc2cnn(C(C)(C)C)c2)cc1. The van der Waals surface area contributed by atoms with Crippen LogP contribution < -0.4 is 14.8 Å². The fourth-order valence-corrected chi connectivity index (χ4v) is 3.90. The maximum Gasteiger partial charge on any atom is 0.271 e. The number of aromatic nitrogens is 2. The Morgan fingerprint density at radius 1 is 1.15 bits per heavy atom. The van der Waals surface area contributed by atoms with E-state index in [4.69, 9.17) is 4.74 Å². The molecule has 3 rings (SSSR count). The predicted molar refractivity (Wildman–Crippen MR) is 122 cm³/mol. The van der Waals surface area contributed by atoms with Crippen molar-refractivity contribution in [3.05, 3.63) is 70.5 Å². The maximum atomic E-state index is 12.8. The Morgan fingerprint density at radius 3 is 2.36 bits per heavy atom. The molecule has 2 N–H and O–H groups in total. The molecule has 0 aliphatic rings. The average Bonchev–Trinajstić information content (AvgIpc) is 3.22. The molecule has 0 bridgehead atoms. The van der Waals surface area contributed by atoms with Gasteiger partial charge in [-0.1, -0.05) is 0 Å². The van der Waals surface area contributed by atoms with Crippen LogP contribution in [0.1, 0.15) is 31.1 Å². The van der Waals surface area contributed by atoms with Crippen LogP contribution in [-0.2, 0) is 15.6 Å². The van der Waals surface area contributed by atoms with Crippen molar-refractivity contribution in [2.75, 3.05) is 17.1 Å². The molecule has 1 aromatic heterocycles. The number of nitrogens with one attached hydrogen (secondary N) is 2. The molecule has 11 nitrogen and oxygen atoms in total. The summed E-state index contributed by atoms with van der Waals surface area (Å²) in [5.41, 5.74) is 0.129. The molecule has 3 aromatic rings. The third-order valence-corrected chi connectivity index (χ3v) is 5.97. The second kappa shape index (κ2) is 8.90. The molecule has 0 atom stereocenters. The predicted octanol–water partition coefficient (Wildman–Crippen LogP) is 3.61. The van der Waals surface area contributed by atoms with Gasteiger partial charge in [0.15, 0.2) is 0 Å². The van der Waals surface area contributed by atoms with Crippen molar-refractivity contribution >= 4 is 33.0 Å². The third-order valence-electron chi connectivity index (χ3n) is 4.59. The topological polar surface area (TPSA) is 145 Å². The van der Waals surface area contributed by atoms with Crippen LogP contribution >= 0.6 is 0 Å². The van der Waals surface area contributed by atoms with Gasteiger partial charge in [0.05, 0.1) is 40.0 Å². The Hall–Kier alpha value is -3.93. The molecule has 2 aromatic carbocycles. The van der Waals surface area contributed by atoms with Gasteiger partial charge in [0.2, 0.25) is 0 Å². The standard InChI is InChI=1S/C21H23N5O6S/c1-21(2,3)25-13-15(12-22-25)23-20(27)14-5-8-17(9-6-14)33(30,31)24-18-11-16(26(28)29)7-10-19(18)32-4/h5-13,24H,1-4H3,(H,23,27). The summed E-state index contributed by atoms with van der Waals surface area (Å²) in [5, 5.41) is 17.9. The smallest absolute Gasteiger partial charge is 0.271 e. The molecule has 0 saturated carbocycles. The molecule has 0 radical (unpaired) electrons. The van der Waals surface area contributed by atoms with Gasteiger partial charge in [0.25, 0.3) is 21.6 Å². The molecule has 0 aliphatic heterocycles. The summed E-state index contributed by atoms with van der Waals surface area (Å²) in [6.45, 7) is 5.92. The van der Waals surface area contributed by atoms with Gasteiger partial charge in [0.1, 0.15) is 5.75 Å². The summed E-state index contributed by atoms with van der Waals surface area (Å²) >= 11 is 0. The fourth-order valence-electron chi connectivity index (χ4n) is 2.84. The summed E-state index contributed by atoms with van der Waals surface area (Å²) in [7, 11) is -2.78. The third kappa shape index (κ3) is 5.47. The first-order chi connectivity index (χ1) is 15.4. The zero-order valence-electron chi connectivity index (χ0n) is 18.4. The number of rotatable bonds is 7. The van der Waals surface area contributed by atoms with Crippen molar-refractivity contribution in [1.29, 1.82) is 0 Å². The Balaban J connectivity index is 1.77. The number of nitrogens with zero attached hydrogens (tertiary/aromatic N) is 3. The molecule has 0 saturated heterocycles. The molecule has 33 heavy (non-hydrogen) atoms. The van der Waals surface area contributed by atoms with Crippen molar-refractivity contribution in [3.63, 3.8) is 0 Å². The van der Waals surface area contributed by atoms with Gasteiger partial charge in [-0.25, -0.2) is 8.42 Å². The molecule has 0 fully saturated rings. The van der Waals surface area contributed by atoms with Gasteiger partial charge >= 0.3 is 0 Å². The highest BCUT2D eigenvalue weighted by Crippen LogP contribution is 2.31. The van der Waals surface area contributed by atoms with E-state index >= 15 is 0 Å². The van der Waals surface area contributed by atoms with E-state index in [0.717, 1.165) is 6.07 Å². The highest BCUT2D eigenvalue weighted by Gasteiger charge is 2.20. The highest BCUT2D eigenvalue weighted by atomic mass is 32.2. The number of ether oxygens (including phenoxy) is 1. The summed E-state index contributed by atoms with van der Waals surface area (Å²) in [4.78, 5) is 22.8. The maximum absolute atomic E-state index is 12.8. The summed E-state index contributed by atoms with van der Waals surface area (Å²) in [6, 6.07) is 8.82. The van der Waals surface area contributed by atoms with Crippen LogP contribution in [-0.4, -0.2) is 36.1 Å². The zero-order valence-corrected chi connectivity index (χ0v) is 19.2. The number of amides is 1. The Labute approximate surface area is 190 Å². The van der Waals surface area contributed by atoms with E-state index < -0.39 is 20.9 Å². The van der Waals surface area contributed by atoms with E-state index in [1.807, 2.05) is 20.8 Å². The van der Waals surface area contributed by atoms with Crippen LogP contribution in [0.3, 0.4) is 0 Å². The molecule has 1 heterocycles. The second-order valence-electron chi connectivity index (χ2n) is 8.07. The number of nitro benzene ring substituents is 1. The minimum Gasteiger partial charge on any atom is -0.495 e. The number of anilines is 2. The first-order valence-electron chi connectivity index (χ1n) is 9.72. The minimum atomic E-state index is -4.10. The first kappa shape index (κ1) is 23.7.